The van der Waals surface area contributed by atoms with Gasteiger partial charge in [0.25, 0.3) is 0 Å². The van der Waals surface area contributed by atoms with Gasteiger partial charge in [-0.15, -0.1) is 0 Å². The molecule has 0 fully saturated rings. The van der Waals surface area contributed by atoms with Crippen LogP contribution in [-0.4, -0.2) is 11.1 Å². The van der Waals surface area contributed by atoms with E-state index in [4.69, 9.17) is 5.11 Å². The lowest BCUT2D eigenvalue weighted by Crippen LogP contribution is -2.03. The van der Waals surface area contributed by atoms with Crippen LogP contribution in [0.4, 0.5) is 10.1 Å². The van der Waals surface area contributed by atoms with Gasteiger partial charge in [-0.2, -0.15) is 0 Å². The van der Waals surface area contributed by atoms with Crippen molar-refractivity contribution in [2.75, 3.05) is 5.32 Å². The van der Waals surface area contributed by atoms with Gasteiger partial charge in [0.2, 0.25) is 0 Å². The Bertz CT molecular complexity index is 678. The van der Waals surface area contributed by atoms with Gasteiger partial charge in [-0.1, -0.05) is 28.1 Å². The average molecular weight is 352 g/mol. The predicted molar refractivity (Wildman–Crippen MR) is 84.3 cm³/mol. The summed E-state index contributed by atoms with van der Waals surface area (Å²) >= 11 is 3.29. The molecular formula is C16H15BrFNO2. The lowest BCUT2D eigenvalue weighted by molar-refractivity contribution is 0.0697. The summed E-state index contributed by atoms with van der Waals surface area (Å²) in [6, 6.07) is 8.47. The molecule has 0 saturated carbocycles. The Morgan fingerprint density at radius 2 is 1.81 bits per heavy atom. The van der Waals surface area contributed by atoms with Crippen LogP contribution in [0.25, 0.3) is 0 Å². The fraction of sp³-hybridized carbons (Fsp3) is 0.188. The van der Waals surface area contributed by atoms with E-state index in [1.54, 1.807) is 44.2 Å². The van der Waals surface area contributed by atoms with Crippen molar-refractivity contribution in [3.63, 3.8) is 0 Å². The van der Waals surface area contributed by atoms with Crippen molar-refractivity contribution in [3.8, 4) is 0 Å². The van der Waals surface area contributed by atoms with E-state index < -0.39 is 5.97 Å². The number of hydrogen-bond donors (Lipinski definition) is 2. The lowest BCUT2D eigenvalue weighted by atomic mass is 10.1. The molecular weight excluding hydrogens is 337 g/mol. The van der Waals surface area contributed by atoms with Crippen molar-refractivity contribution < 1.29 is 14.3 Å². The molecule has 0 radical (unpaired) electrons. The summed E-state index contributed by atoms with van der Waals surface area (Å²) in [5.74, 6) is -1.16. The van der Waals surface area contributed by atoms with Crippen LogP contribution in [0.3, 0.4) is 0 Å². The molecule has 0 saturated heterocycles. The number of anilines is 1. The van der Waals surface area contributed by atoms with Gasteiger partial charge in [-0.3, -0.25) is 0 Å². The van der Waals surface area contributed by atoms with Crippen LogP contribution >= 0.6 is 15.9 Å². The van der Waals surface area contributed by atoms with Crippen molar-refractivity contribution in [2.45, 2.75) is 20.4 Å². The minimum absolute atomic E-state index is 0.186. The lowest BCUT2D eigenvalue weighted by Gasteiger charge is -2.10. The summed E-state index contributed by atoms with van der Waals surface area (Å²) in [6.07, 6.45) is 0. The average Bonchev–Trinajstić information content (AvgIpc) is 2.41. The quantitative estimate of drug-likeness (QED) is 0.851. The van der Waals surface area contributed by atoms with Gasteiger partial charge in [-0.25, -0.2) is 9.18 Å². The topological polar surface area (TPSA) is 49.3 Å². The Morgan fingerprint density at radius 3 is 2.38 bits per heavy atom. The second kappa shape index (κ2) is 6.26. The van der Waals surface area contributed by atoms with Crippen molar-refractivity contribution in [1.82, 2.24) is 0 Å². The number of aromatic carboxylic acids is 1. The van der Waals surface area contributed by atoms with E-state index >= 15 is 0 Å². The van der Waals surface area contributed by atoms with Gasteiger partial charge < -0.3 is 10.4 Å². The Hall–Kier alpha value is -1.88. The molecule has 0 amide bonds. The van der Waals surface area contributed by atoms with Gasteiger partial charge in [0.1, 0.15) is 5.82 Å². The van der Waals surface area contributed by atoms with Crippen LogP contribution in [0.2, 0.25) is 0 Å². The van der Waals surface area contributed by atoms with E-state index in [1.165, 1.54) is 0 Å². The Morgan fingerprint density at radius 1 is 1.19 bits per heavy atom. The van der Waals surface area contributed by atoms with Crippen molar-refractivity contribution in [1.29, 1.82) is 0 Å². The number of aryl methyl sites for hydroxylation is 2. The predicted octanol–water partition coefficient (Wildman–Crippen LogP) is 4.52. The highest BCUT2D eigenvalue weighted by Gasteiger charge is 2.07. The molecule has 2 aromatic rings. The van der Waals surface area contributed by atoms with E-state index in [0.29, 0.717) is 27.8 Å². The number of benzene rings is 2. The number of carboxylic acids is 1. The maximum atomic E-state index is 13.6. The molecule has 0 aliphatic rings. The van der Waals surface area contributed by atoms with Crippen LogP contribution in [0.5, 0.6) is 0 Å². The normalized spacial score (nSPS) is 10.5. The zero-order chi connectivity index (χ0) is 15.6. The van der Waals surface area contributed by atoms with Gasteiger partial charge in [0.05, 0.1) is 5.56 Å². The second-order valence-corrected chi connectivity index (χ2v) is 5.85. The van der Waals surface area contributed by atoms with Gasteiger partial charge in [-0.05, 0) is 48.7 Å². The minimum atomic E-state index is -0.979. The molecule has 0 atom stereocenters. The Kier molecular flexibility index (Phi) is 4.63. The standard InChI is InChI=1S/C16H15BrFNO2/c1-9-3-11(4-10(2)15(9)18)8-19-14-6-12(16(20)21)5-13(17)7-14/h3-7,19H,8H2,1-2H3,(H,20,21). The SMILES string of the molecule is Cc1cc(CNc2cc(Br)cc(C(=O)O)c2)cc(C)c1F. The third-order valence-corrected chi connectivity index (χ3v) is 3.60. The number of carbonyl (C=O) groups is 1. The molecule has 0 aliphatic heterocycles. The molecule has 2 aromatic carbocycles. The van der Waals surface area contributed by atoms with E-state index in [2.05, 4.69) is 21.2 Å². The van der Waals surface area contributed by atoms with Crippen molar-refractivity contribution in [3.05, 3.63) is 62.9 Å². The molecule has 3 nitrogen and oxygen atoms in total. The van der Waals surface area contributed by atoms with Crippen LogP contribution in [0.1, 0.15) is 27.0 Å². The number of carboxylic acid groups (broad SMARTS) is 1. The smallest absolute Gasteiger partial charge is 0.335 e. The fourth-order valence-electron chi connectivity index (χ4n) is 2.16. The highest BCUT2D eigenvalue weighted by Crippen LogP contribution is 2.21. The summed E-state index contributed by atoms with van der Waals surface area (Å²) in [7, 11) is 0. The summed E-state index contributed by atoms with van der Waals surface area (Å²) in [5, 5.41) is 12.2. The first-order valence-electron chi connectivity index (χ1n) is 6.40. The number of rotatable bonds is 4. The molecule has 0 spiro atoms. The van der Waals surface area contributed by atoms with Crippen LogP contribution < -0.4 is 5.32 Å². The third kappa shape index (κ3) is 3.82. The first-order valence-corrected chi connectivity index (χ1v) is 7.19. The van der Waals surface area contributed by atoms with Crippen molar-refractivity contribution >= 4 is 27.6 Å². The number of hydrogen-bond acceptors (Lipinski definition) is 2. The summed E-state index contributed by atoms with van der Waals surface area (Å²) in [4.78, 5) is 11.0. The first-order chi connectivity index (χ1) is 9.86. The molecule has 5 heteroatoms. The van der Waals surface area contributed by atoms with Crippen LogP contribution in [-0.2, 0) is 6.54 Å². The van der Waals surface area contributed by atoms with Gasteiger partial charge in [0, 0.05) is 16.7 Å². The monoisotopic (exact) mass is 351 g/mol. The van der Waals surface area contributed by atoms with E-state index in [1.807, 2.05) is 0 Å². The van der Waals surface area contributed by atoms with E-state index in [0.717, 1.165) is 5.56 Å². The molecule has 0 aromatic heterocycles. The van der Waals surface area contributed by atoms with Gasteiger partial charge >= 0.3 is 5.97 Å². The molecule has 110 valence electrons. The summed E-state index contributed by atoms with van der Waals surface area (Å²) in [6.45, 7) is 3.96. The van der Waals surface area contributed by atoms with Crippen LogP contribution in [0, 0.1) is 19.7 Å². The van der Waals surface area contributed by atoms with E-state index in [9.17, 15) is 9.18 Å². The zero-order valence-electron chi connectivity index (χ0n) is 11.7. The molecule has 0 bridgehead atoms. The molecule has 2 rings (SSSR count). The molecule has 0 unspecified atom stereocenters. The molecule has 0 heterocycles. The first kappa shape index (κ1) is 15.5. The molecule has 21 heavy (non-hydrogen) atoms. The summed E-state index contributed by atoms with van der Waals surface area (Å²) in [5.41, 5.74) is 3.06. The Labute approximate surface area is 130 Å². The molecule has 0 aliphatic carbocycles. The molecule has 2 N–H and O–H groups in total. The minimum Gasteiger partial charge on any atom is -0.478 e. The maximum absolute atomic E-state index is 13.6. The maximum Gasteiger partial charge on any atom is 0.335 e. The Balaban J connectivity index is 2.18. The number of halogens is 2. The highest BCUT2D eigenvalue weighted by molar-refractivity contribution is 9.10. The van der Waals surface area contributed by atoms with Crippen molar-refractivity contribution in [2.24, 2.45) is 0 Å². The number of nitrogens with one attached hydrogen (secondary N) is 1. The second-order valence-electron chi connectivity index (χ2n) is 4.93. The zero-order valence-corrected chi connectivity index (χ0v) is 13.3. The highest BCUT2D eigenvalue weighted by atomic mass is 79.9. The van der Waals surface area contributed by atoms with E-state index in [-0.39, 0.29) is 11.4 Å². The fourth-order valence-corrected chi connectivity index (χ4v) is 2.65. The summed E-state index contributed by atoms with van der Waals surface area (Å²) < 4.78 is 14.3. The van der Waals surface area contributed by atoms with Crippen LogP contribution in [0.15, 0.2) is 34.8 Å². The largest absolute Gasteiger partial charge is 0.478 e. The third-order valence-electron chi connectivity index (χ3n) is 3.14. The van der Waals surface area contributed by atoms with Gasteiger partial charge in [0.15, 0.2) is 0 Å².